The van der Waals surface area contributed by atoms with Crippen molar-refractivity contribution >= 4 is 0 Å². The SMILES string of the molecule is CC1(C)O[C@H]2[C@H](O1)[C@@H](n1ccc(=O)[nH]c1=O)O[C@H]2COC(c1ccccc1)(c1ccccc1)c1ccccc1. The van der Waals surface area contributed by atoms with E-state index < -0.39 is 47.2 Å². The van der Waals surface area contributed by atoms with Gasteiger partial charge in [-0.25, -0.2) is 4.79 Å². The number of hydrogen-bond donors (Lipinski definition) is 1. The molecule has 39 heavy (non-hydrogen) atoms. The van der Waals surface area contributed by atoms with Gasteiger partial charge in [0, 0.05) is 12.3 Å². The van der Waals surface area contributed by atoms with E-state index in [1.54, 1.807) is 0 Å². The molecule has 0 saturated carbocycles. The van der Waals surface area contributed by atoms with Gasteiger partial charge in [-0.05, 0) is 30.5 Å². The van der Waals surface area contributed by atoms with Crippen molar-refractivity contribution in [3.05, 3.63) is 141 Å². The predicted molar refractivity (Wildman–Crippen MR) is 144 cm³/mol. The van der Waals surface area contributed by atoms with E-state index in [0.717, 1.165) is 16.7 Å². The van der Waals surface area contributed by atoms with E-state index >= 15 is 0 Å². The van der Waals surface area contributed by atoms with Gasteiger partial charge in [-0.15, -0.1) is 0 Å². The lowest BCUT2D eigenvalue weighted by Crippen LogP contribution is -2.39. The smallest absolute Gasteiger partial charge is 0.330 e. The Kier molecular flexibility index (Phi) is 6.56. The molecule has 0 amide bonds. The van der Waals surface area contributed by atoms with E-state index in [0.29, 0.717) is 0 Å². The molecule has 8 heteroatoms. The average molecular weight is 527 g/mol. The van der Waals surface area contributed by atoms with E-state index in [1.165, 1.54) is 16.8 Å². The monoisotopic (exact) mass is 526 g/mol. The summed E-state index contributed by atoms with van der Waals surface area (Å²) in [5.41, 5.74) is 0.906. The third kappa shape index (κ3) is 4.66. The van der Waals surface area contributed by atoms with Crippen molar-refractivity contribution < 1.29 is 18.9 Å². The van der Waals surface area contributed by atoms with Crippen LogP contribution in [0.3, 0.4) is 0 Å². The van der Waals surface area contributed by atoms with Gasteiger partial charge in [0.25, 0.3) is 5.56 Å². The summed E-state index contributed by atoms with van der Waals surface area (Å²) in [7, 11) is 0. The molecule has 0 radical (unpaired) electrons. The second kappa shape index (κ2) is 10.1. The number of rotatable bonds is 7. The maximum absolute atomic E-state index is 12.7. The molecule has 3 aromatic carbocycles. The van der Waals surface area contributed by atoms with Crippen molar-refractivity contribution in [2.24, 2.45) is 0 Å². The van der Waals surface area contributed by atoms with Gasteiger partial charge in [0.1, 0.15) is 23.9 Å². The van der Waals surface area contributed by atoms with E-state index in [4.69, 9.17) is 18.9 Å². The highest BCUT2D eigenvalue weighted by Crippen LogP contribution is 2.45. The van der Waals surface area contributed by atoms with E-state index in [-0.39, 0.29) is 6.61 Å². The zero-order valence-corrected chi connectivity index (χ0v) is 21.7. The zero-order chi connectivity index (χ0) is 27.0. The van der Waals surface area contributed by atoms with Crippen LogP contribution in [-0.2, 0) is 24.5 Å². The molecule has 200 valence electrons. The number of fused-ring (bicyclic) bond motifs is 1. The summed E-state index contributed by atoms with van der Waals surface area (Å²) < 4.78 is 27.2. The summed E-state index contributed by atoms with van der Waals surface area (Å²) in [5, 5.41) is 0. The van der Waals surface area contributed by atoms with Gasteiger partial charge in [-0.1, -0.05) is 91.0 Å². The number of H-pyrrole nitrogens is 1. The van der Waals surface area contributed by atoms with Crippen molar-refractivity contribution in [3.63, 3.8) is 0 Å². The largest absolute Gasteiger partial charge is 0.358 e. The maximum Gasteiger partial charge on any atom is 0.330 e. The standard InChI is InChI=1S/C31H30N2O6/c1-30(2)38-26-24(37-28(27(26)39-30)33-19-18-25(34)32-29(33)35)20-36-31(21-12-6-3-7-13-21,22-14-8-4-9-15-22)23-16-10-5-11-17-23/h3-19,24,26-28H,20H2,1-2H3,(H,32,34,35)/t24-,26+,27-,28-/m0/s1. The third-order valence-electron chi connectivity index (χ3n) is 7.26. The van der Waals surface area contributed by atoms with Crippen LogP contribution in [0.1, 0.15) is 36.8 Å². The van der Waals surface area contributed by atoms with Crippen molar-refractivity contribution in [2.45, 2.75) is 49.8 Å². The average Bonchev–Trinajstić information content (AvgIpc) is 3.44. The summed E-state index contributed by atoms with van der Waals surface area (Å²) in [4.78, 5) is 26.6. The first kappa shape index (κ1) is 25.5. The number of aromatic amines is 1. The summed E-state index contributed by atoms with van der Waals surface area (Å²) in [6, 6.07) is 31.5. The van der Waals surface area contributed by atoms with E-state index in [1.807, 2.05) is 68.4 Å². The van der Waals surface area contributed by atoms with Crippen molar-refractivity contribution in [2.75, 3.05) is 6.61 Å². The molecule has 0 aliphatic carbocycles. The van der Waals surface area contributed by atoms with Gasteiger partial charge in [0.2, 0.25) is 0 Å². The van der Waals surface area contributed by atoms with Gasteiger partial charge in [0.05, 0.1) is 6.61 Å². The van der Waals surface area contributed by atoms with Crippen LogP contribution >= 0.6 is 0 Å². The minimum Gasteiger partial charge on any atom is -0.358 e. The molecule has 1 aromatic heterocycles. The zero-order valence-electron chi connectivity index (χ0n) is 21.7. The maximum atomic E-state index is 12.7. The van der Waals surface area contributed by atoms with Gasteiger partial charge in [0.15, 0.2) is 12.0 Å². The van der Waals surface area contributed by atoms with Gasteiger partial charge in [-0.3, -0.25) is 14.3 Å². The lowest BCUT2D eigenvalue weighted by atomic mass is 9.80. The Bertz CT molecular complexity index is 1440. The molecule has 2 aliphatic heterocycles. The molecule has 2 aliphatic rings. The molecule has 3 heterocycles. The molecular weight excluding hydrogens is 496 g/mol. The Balaban J connectivity index is 1.40. The van der Waals surface area contributed by atoms with Crippen molar-refractivity contribution in [3.8, 4) is 0 Å². The molecule has 0 spiro atoms. The third-order valence-corrected chi connectivity index (χ3v) is 7.26. The van der Waals surface area contributed by atoms with Crippen molar-refractivity contribution in [1.29, 1.82) is 0 Å². The lowest BCUT2D eigenvalue weighted by molar-refractivity contribution is -0.205. The molecule has 0 bridgehead atoms. The highest BCUT2D eigenvalue weighted by molar-refractivity contribution is 5.47. The topological polar surface area (TPSA) is 91.8 Å². The fraction of sp³-hybridized carbons (Fsp3) is 0.290. The van der Waals surface area contributed by atoms with Gasteiger partial charge >= 0.3 is 5.69 Å². The molecule has 8 nitrogen and oxygen atoms in total. The number of aromatic nitrogens is 2. The van der Waals surface area contributed by atoms with Crippen LogP contribution in [0.4, 0.5) is 0 Å². The Morgan fingerprint density at radius 2 is 1.31 bits per heavy atom. The number of nitrogens with zero attached hydrogens (tertiary/aromatic N) is 1. The second-order valence-corrected chi connectivity index (χ2v) is 10.2. The van der Waals surface area contributed by atoms with E-state index in [2.05, 4.69) is 41.4 Å². The Labute approximate surface area is 225 Å². The highest BCUT2D eigenvalue weighted by Gasteiger charge is 2.56. The Hall–Kier alpha value is -3.82. The molecule has 1 N–H and O–H groups in total. The number of benzene rings is 3. The minimum absolute atomic E-state index is 0.147. The predicted octanol–water partition coefficient (Wildman–Crippen LogP) is 3.96. The minimum atomic E-state index is -0.940. The molecule has 2 saturated heterocycles. The first-order chi connectivity index (χ1) is 18.9. The van der Waals surface area contributed by atoms with Crippen LogP contribution in [0, 0.1) is 0 Å². The van der Waals surface area contributed by atoms with Crippen LogP contribution in [0.5, 0.6) is 0 Å². The fourth-order valence-corrected chi connectivity index (χ4v) is 5.62. The van der Waals surface area contributed by atoms with Gasteiger partial charge < -0.3 is 18.9 Å². The normalized spacial score (nSPS) is 23.9. The van der Waals surface area contributed by atoms with Crippen LogP contribution in [0.2, 0.25) is 0 Å². The van der Waals surface area contributed by atoms with Gasteiger partial charge in [-0.2, -0.15) is 0 Å². The quantitative estimate of drug-likeness (QED) is 0.367. The van der Waals surface area contributed by atoms with E-state index in [9.17, 15) is 9.59 Å². The molecule has 6 rings (SSSR count). The molecular formula is C31H30N2O6. The molecule has 4 aromatic rings. The highest BCUT2D eigenvalue weighted by atomic mass is 16.8. The first-order valence-electron chi connectivity index (χ1n) is 13.0. The Morgan fingerprint density at radius 1 is 0.795 bits per heavy atom. The summed E-state index contributed by atoms with van der Waals surface area (Å²) >= 11 is 0. The summed E-state index contributed by atoms with van der Waals surface area (Å²) in [5.74, 6) is -0.878. The Morgan fingerprint density at radius 3 is 1.82 bits per heavy atom. The van der Waals surface area contributed by atoms with Crippen LogP contribution in [0.15, 0.2) is 113 Å². The summed E-state index contributed by atoms with van der Waals surface area (Å²) in [6.07, 6.45) is -1.01. The number of hydrogen-bond acceptors (Lipinski definition) is 6. The number of nitrogens with one attached hydrogen (secondary N) is 1. The molecule has 2 fully saturated rings. The lowest BCUT2D eigenvalue weighted by Gasteiger charge is -2.37. The van der Waals surface area contributed by atoms with Crippen LogP contribution in [-0.4, -0.2) is 40.3 Å². The fourth-order valence-electron chi connectivity index (χ4n) is 5.62. The summed E-state index contributed by atoms with van der Waals surface area (Å²) in [6.45, 7) is 3.81. The molecule has 4 atom stereocenters. The second-order valence-electron chi connectivity index (χ2n) is 10.2. The van der Waals surface area contributed by atoms with Crippen LogP contribution < -0.4 is 11.2 Å². The molecule has 0 unspecified atom stereocenters. The van der Waals surface area contributed by atoms with Crippen LogP contribution in [0.25, 0.3) is 0 Å². The number of ether oxygens (including phenoxy) is 4. The van der Waals surface area contributed by atoms with Crippen molar-refractivity contribution in [1.82, 2.24) is 9.55 Å². The first-order valence-corrected chi connectivity index (χ1v) is 13.0.